The molecule has 1 N–H and O–H groups in total. The largest absolute Gasteiger partial charge is 0.349 e. The van der Waals surface area contributed by atoms with Crippen LogP contribution in [0, 0.1) is 25.6 Å². The fourth-order valence-corrected chi connectivity index (χ4v) is 3.75. The van der Waals surface area contributed by atoms with Gasteiger partial charge in [-0.3, -0.25) is 29.8 Å². The van der Waals surface area contributed by atoms with Crippen molar-refractivity contribution >= 4 is 40.5 Å². The molecule has 0 spiro atoms. The molecule has 0 heterocycles. The lowest BCUT2D eigenvalue weighted by Crippen LogP contribution is -2.32. The summed E-state index contributed by atoms with van der Waals surface area (Å²) in [4.78, 5) is 46.8. The maximum absolute atomic E-state index is 12.6. The molecular weight excluding hydrogens is 392 g/mol. The molecule has 0 radical (unpaired) electrons. The lowest BCUT2D eigenvalue weighted by molar-refractivity contribution is -0.393. The highest BCUT2D eigenvalue weighted by molar-refractivity contribution is 6.34. The Hall–Kier alpha value is -2.75. The fraction of sp³-hybridized carbons (Fsp3) is 0.529. The highest BCUT2D eigenvalue weighted by Gasteiger charge is 2.39. The van der Waals surface area contributed by atoms with Gasteiger partial charge >= 0.3 is 5.69 Å². The summed E-state index contributed by atoms with van der Waals surface area (Å²) < 4.78 is 0. The number of halogens is 1. The third-order valence-corrected chi connectivity index (χ3v) is 5.25. The third kappa shape index (κ3) is 4.94. The average molecular weight is 413 g/mol. The number of carbonyl (C=O) groups excluding carboxylic acids is 2. The normalized spacial score (nSPS) is 15.1. The maximum atomic E-state index is 12.6. The summed E-state index contributed by atoms with van der Waals surface area (Å²) in [7, 11) is 3.29. The van der Waals surface area contributed by atoms with Crippen molar-refractivity contribution in [1.29, 1.82) is 0 Å². The van der Waals surface area contributed by atoms with Crippen LogP contribution in [0.3, 0.4) is 0 Å². The van der Waals surface area contributed by atoms with Crippen molar-refractivity contribution in [3.63, 3.8) is 0 Å². The zero-order valence-corrected chi connectivity index (χ0v) is 16.3. The number of non-ortho nitro benzene ring substituents is 1. The number of nitro groups is 2. The van der Waals surface area contributed by atoms with E-state index in [0.29, 0.717) is 12.8 Å². The number of carbonyl (C=O) groups is 2. The van der Waals surface area contributed by atoms with Crippen LogP contribution in [0.1, 0.15) is 38.5 Å². The number of benzene rings is 1. The first-order valence-electron chi connectivity index (χ1n) is 8.67. The Morgan fingerprint density at radius 2 is 1.75 bits per heavy atom. The number of rotatable bonds is 7. The molecule has 11 heteroatoms. The van der Waals surface area contributed by atoms with Crippen LogP contribution in [0.4, 0.5) is 17.1 Å². The smallest absolute Gasteiger partial charge is 0.301 e. The van der Waals surface area contributed by atoms with Gasteiger partial charge in [-0.05, 0) is 18.3 Å². The van der Waals surface area contributed by atoms with Crippen LogP contribution in [-0.2, 0) is 9.59 Å². The van der Waals surface area contributed by atoms with Crippen molar-refractivity contribution in [3.8, 4) is 0 Å². The monoisotopic (exact) mass is 412 g/mol. The number of hydrogen-bond donors (Lipinski definition) is 1. The highest BCUT2D eigenvalue weighted by Crippen LogP contribution is 2.45. The Kier molecular flexibility index (Phi) is 6.55. The highest BCUT2D eigenvalue weighted by atomic mass is 35.5. The van der Waals surface area contributed by atoms with Gasteiger partial charge in [0.05, 0.1) is 20.9 Å². The first-order chi connectivity index (χ1) is 13.0. The molecular formula is C17H21ClN4O6. The molecule has 2 amide bonds. The third-order valence-electron chi connectivity index (χ3n) is 4.95. The minimum Gasteiger partial charge on any atom is -0.349 e. The number of nitrogens with one attached hydrogen (secondary N) is 1. The minimum atomic E-state index is -0.838. The topological polar surface area (TPSA) is 136 Å². The predicted molar refractivity (Wildman–Crippen MR) is 102 cm³/mol. The zero-order valence-electron chi connectivity index (χ0n) is 15.6. The van der Waals surface area contributed by atoms with Crippen molar-refractivity contribution in [2.45, 2.75) is 38.5 Å². The molecule has 0 unspecified atom stereocenters. The summed E-state index contributed by atoms with van der Waals surface area (Å²) in [5.41, 5.74) is -1.99. The first kappa shape index (κ1) is 21.5. The second kappa shape index (κ2) is 8.51. The molecule has 1 aromatic rings. The number of nitro benzene ring substituents is 2. The molecule has 0 atom stereocenters. The van der Waals surface area contributed by atoms with Crippen LogP contribution in [0.2, 0.25) is 5.02 Å². The molecule has 1 saturated carbocycles. The molecule has 0 bridgehead atoms. The maximum Gasteiger partial charge on any atom is 0.301 e. The molecule has 0 aliphatic heterocycles. The van der Waals surface area contributed by atoms with Gasteiger partial charge in [0, 0.05) is 33.0 Å². The van der Waals surface area contributed by atoms with Gasteiger partial charge in [-0.1, -0.05) is 24.4 Å². The van der Waals surface area contributed by atoms with Gasteiger partial charge < -0.3 is 10.2 Å². The van der Waals surface area contributed by atoms with Gasteiger partial charge in [-0.2, -0.15) is 0 Å². The molecule has 10 nitrogen and oxygen atoms in total. The second-order valence-electron chi connectivity index (χ2n) is 7.23. The minimum absolute atomic E-state index is 0.0110. The average Bonchev–Trinajstić information content (AvgIpc) is 3.03. The Morgan fingerprint density at radius 1 is 1.14 bits per heavy atom. The molecule has 1 aliphatic carbocycles. The standard InChI is InChI=1S/C17H21ClN4O6/c1-20(2)15(24)10-17(5-3-4-6-17)9-14(23)19-16-12(18)7-11(21(25)26)8-13(16)22(27)28/h7-8H,3-6,9-10H2,1-2H3,(H,19,23). The molecule has 1 aliphatic rings. The van der Waals surface area contributed by atoms with E-state index in [2.05, 4.69) is 5.32 Å². The van der Waals surface area contributed by atoms with E-state index in [9.17, 15) is 29.8 Å². The van der Waals surface area contributed by atoms with Gasteiger partial charge in [-0.15, -0.1) is 0 Å². The SMILES string of the molecule is CN(C)C(=O)CC1(CC(=O)Nc2c(Cl)cc([N+](=O)[O-])cc2[N+](=O)[O-])CCCC1. The van der Waals surface area contributed by atoms with E-state index in [1.54, 1.807) is 14.1 Å². The van der Waals surface area contributed by atoms with Crippen LogP contribution in [0.25, 0.3) is 0 Å². The fourth-order valence-electron chi connectivity index (χ4n) is 3.50. The number of hydrogen-bond acceptors (Lipinski definition) is 6. The lowest BCUT2D eigenvalue weighted by atomic mass is 9.78. The summed E-state index contributed by atoms with van der Waals surface area (Å²) in [5, 5.41) is 24.3. The van der Waals surface area contributed by atoms with Gasteiger partial charge in [0.2, 0.25) is 11.8 Å². The van der Waals surface area contributed by atoms with E-state index in [1.807, 2.05) is 0 Å². The van der Waals surface area contributed by atoms with Crippen LogP contribution in [0.15, 0.2) is 12.1 Å². The molecule has 2 rings (SSSR count). The molecule has 28 heavy (non-hydrogen) atoms. The summed E-state index contributed by atoms with van der Waals surface area (Å²) in [6.07, 6.45) is 3.42. The second-order valence-corrected chi connectivity index (χ2v) is 7.64. The Morgan fingerprint density at radius 3 is 2.25 bits per heavy atom. The molecule has 0 aromatic heterocycles. The number of amides is 2. The molecule has 1 aromatic carbocycles. The van der Waals surface area contributed by atoms with Crippen molar-refractivity contribution < 1.29 is 19.4 Å². The van der Waals surface area contributed by atoms with Gasteiger partial charge in [0.15, 0.2) is 0 Å². The van der Waals surface area contributed by atoms with Gasteiger partial charge in [-0.25, -0.2) is 0 Å². The summed E-state index contributed by atoms with van der Waals surface area (Å²) in [5.74, 6) is -0.610. The van der Waals surface area contributed by atoms with E-state index < -0.39 is 32.5 Å². The van der Waals surface area contributed by atoms with Crippen molar-refractivity contribution in [3.05, 3.63) is 37.4 Å². The lowest BCUT2D eigenvalue weighted by Gasteiger charge is -2.29. The molecule has 152 valence electrons. The number of nitrogens with zero attached hydrogens (tertiary/aromatic N) is 3. The molecule has 0 saturated heterocycles. The van der Waals surface area contributed by atoms with Crippen molar-refractivity contribution in [2.24, 2.45) is 5.41 Å². The van der Waals surface area contributed by atoms with Crippen LogP contribution >= 0.6 is 11.6 Å². The predicted octanol–water partition coefficient (Wildman–Crippen LogP) is 3.52. The van der Waals surface area contributed by atoms with Crippen LogP contribution < -0.4 is 5.32 Å². The van der Waals surface area contributed by atoms with Crippen LogP contribution in [0.5, 0.6) is 0 Å². The first-order valence-corrected chi connectivity index (χ1v) is 9.05. The van der Waals surface area contributed by atoms with Crippen LogP contribution in [-0.4, -0.2) is 40.7 Å². The van der Waals surface area contributed by atoms with Gasteiger partial charge in [0.1, 0.15) is 5.69 Å². The van der Waals surface area contributed by atoms with E-state index >= 15 is 0 Å². The number of anilines is 1. The Balaban J connectivity index is 2.25. The Labute approximate surface area is 166 Å². The van der Waals surface area contributed by atoms with E-state index in [4.69, 9.17) is 11.6 Å². The Bertz CT molecular complexity index is 820. The van der Waals surface area contributed by atoms with Crippen molar-refractivity contribution in [2.75, 3.05) is 19.4 Å². The summed E-state index contributed by atoms with van der Waals surface area (Å²) in [6, 6.07) is 1.70. The summed E-state index contributed by atoms with van der Waals surface area (Å²) >= 11 is 5.96. The zero-order chi connectivity index (χ0) is 21.1. The quantitative estimate of drug-likeness (QED) is 0.537. The van der Waals surface area contributed by atoms with Crippen molar-refractivity contribution in [1.82, 2.24) is 4.90 Å². The van der Waals surface area contributed by atoms with Gasteiger partial charge in [0.25, 0.3) is 5.69 Å². The summed E-state index contributed by atoms with van der Waals surface area (Å²) in [6.45, 7) is 0. The van der Waals surface area contributed by atoms with E-state index in [0.717, 1.165) is 25.0 Å². The van der Waals surface area contributed by atoms with E-state index in [-0.39, 0.29) is 29.5 Å². The van der Waals surface area contributed by atoms with E-state index in [1.165, 1.54) is 4.90 Å². The molecule has 1 fully saturated rings.